The van der Waals surface area contributed by atoms with Crippen LogP contribution in [-0.2, 0) is 13.5 Å². The van der Waals surface area contributed by atoms with Crippen molar-refractivity contribution in [2.24, 2.45) is 18.0 Å². The number of likely N-dealkylation sites (tertiary alicyclic amines) is 1. The van der Waals surface area contributed by atoms with Crippen LogP contribution in [0.15, 0.2) is 17.4 Å². The second-order valence-corrected chi connectivity index (χ2v) is 5.42. The molecule has 1 fully saturated rings. The Morgan fingerprint density at radius 2 is 2.15 bits per heavy atom. The number of guanidine groups is 1. The molecule has 1 aliphatic heterocycles. The highest BCUT2D eigenvalue weighted by molar-refractivity contribution is 14.0. The van der Waals surface area contributed by atoms with Crippen molar-refractivity contribution in [3.63, 3.8) is 0 Å². The van der Waals surface area contributed by atoms with Crippen molar-refractivity contribution in [2.75, 3.05) is 26.7 Å². The van der Waals surface area contributed by atoms with Crippen LogP contribution in [0.5, 0.6) is 0 Å². The Balaban J connectivity index is 0.00000200. The summed E-state index contributed by atoms with van der Waals surface area (Å²) in [7, 11) is 3.81. The van der Waals surface area contributed by atoms with E-state index in [1.165, 1.54) is 18.4 Å². The van der Waals surface area contributed by atoms with Crippen molar-refractivity contribution in [3.8, 4) is 0 Å². The van der Waals surface area contributed by atoms with Gasteiger partial charge >= 0.3 is 0 Å². The predicted molar refractivity (Wildman–Crippen MR) is 93.7 cm³/mol. The van der Waals surface area contributed by atoms with E-state index < -0.39 is 0 Å². The fourth-order valence-electron chi connectivity index (χ4n) is 2.47. The Labute approximate surface area is 138 Å². The molecule has 0 bridgehead atoms. The molecule has 0 aromatic carbocycles. The van der Waals surface area contributed by atoms with Gasteiger partial charge in [-0.05, 0) is 30.7 Å². The summed E-state index contributed by atoms with van der Waals surface area (Å²) in [6.45, 7) is 5.47. The molecule has 1 aromatic heterocycles. The largest absolute Gasteiger partial charge is 0.356 e. The third-order valence-electron chi connectivity index (χ3n) is 3.75. The zero-order valence-electron chi connectivity index (χ0n) is 12.7. The molecule has 114 valence electrons. The summed E-state index contributed by atoms with van der Waals surface area (Å²) in [6.07, 6.45) is 7.50. The van der Waals surface area contributed by atoms with Crippen LogP contribution in [-0.4, -0.2) is 47.3 Å². The van der Waals surface area contributed by atoms with E-state index in [-0.39, 0.29) is 24.0 Å². The molecule has 1 N–H and O–H groups in total. The van der Waals surface area contributed by atoms with Crippen LogP contribution in [0.3, 0.4) is 0 Å². The number of hydrogen-bond donors (Lipinski definition) is 1. The van der Waals surface area contributed by atoms with Gasteiger partial charge in [0.25, 0.3) is 0 Å². The first-order valence-corrected chi connectivity index (χ1v) is 7.12. The van der Waals surface area contributed by atoms with Gasteiger partial charge in [-0.3, -0.25) is 9.67 Å². The maximum Gasteiger partial charge on any atom is 0.193 e. The lowest BCUT2D eigenvalue weighted by atomic mass is 10.00. The standard InChI is InChI=1S/C14H25N5.HI/c1-12-5-8-19(9-6-12)14(15-2)16-7-4-13-10-17-18(3)11-13;/h10-12H,4-9H2,1-3H3,(H,15,16);1H. The van der Waals surface area contributed by atoms with Gasteiger partial charge in [0, 0.05) is 39.9 Å². The van der Waals surface area contributed by atoms with E-state index >= 15 is 0 Å². The molecule has 20 heavy (non-hydrogen) atoms. The van der Waals surface area contributed by atoms with Gasteiger partial charge in [-0.1, -0.05) is 6.92 Å². The SMILES string of the molecule is CN=C(NCCc1cnn(C)c1)N1CCC(C)CC1.I. The Hall–Kier alpha value is -0.790. The lowest BCUT2D eigenvalue weighted by Crippen LogP contribution is -2.45. The zero-order valence-corrected chi connectivity index (χ0v) is 15.0. The second-order valence-electron chi connectivity index (χ2n) is 5.42. The fourth-order valence-corrected chi connectivity index (χ4v) is 2.47. The van der Waals surface area contributed by atoms with Gasteiger partial charge in [-0.2, -0.15) is 5.10 Å². The third kappa shape index (κ3) is 4.96. The highest BCUT2D eigenvalue weighted by atomic mass is 127. The number of aromatic nitrogens is 2. The van der Waals surface area contributed by atoms with Crippen molar-refractivity contribution < 1.29 is 0 Å². The molecule has 1 aromatic rings. The smallest absolute Gasteiger partial charge is 0.193 e. The Morgan fingerprint density at radius 1 is 1.45 bits per heavy atom. The number of aliphatic imine (C=N–C) groups is 1. The number of hydrogen-bond acceptors (Lipinski definition) is 2. The van der Waals surface area contributed by atoms with Crippen molar-refractivity contribution in [2.45, 2.75) is 26.2 Å². The molecule has 2 rings (SSSR count). The van der Waals surface area contributed by atoms with E-state index in [2.05, 4.69) is 33.4 Å². The molecule has 0 saturated carbocycles. The van der Waals surface area contributed by atoms with Crippen LogP contribution in [0.25, 0.3) is 0 Å². The van der Waals surface area contributed by atoms with Crippen LogP contribution in [0, 0.1) is 5.92 Å². The number of piperidine rings is 1. The molecule has 0 spiro atoms. The van der Waals surface area contributed by atoms with Crippen molar-refractivity contribution in [1.82, 2.24) is 20.0 Å². The highest BCUT2D eigenvalue weighted by Gasteiger charge is 2.18. The molecule has 0 unspecified atom stereocenters. The van der Waals surface area contributed by atoms with Gasteiger partial charge in [0.05, 0.1) is 6.20 Å². The summed E-state index contributed by atoms with van der Waals surface area (Å²) in [5.41, 5.74) is 1.26. The first-order valence-electron chi connectivity index (χ1n) is 7.12. The van der Waals surface area contributed by atoms with E-state index in [0.29, 0.717) is 0 Å². The van der Waals surface area contributed by atoms with Crippen LogP contribution in [0.1, 0.15) is 25.3 Å². The van der Waals surface area contributed by atoms with Crippen molar-refractivity contribution in [1.29, 1.82) is 0 Å². The number of nitrogens with zero attached hydrogens (tertiary/aromatic N) is 4. The summed E-state index contributed by atoms with van der Waals surface area (Å²) in [5, 5.41) is 7.63. The fraction of sp³-hybridized carbons (Fsp3) is 0.714. The zero-order chi connectivity index (χ0) is 13.7. The van der Waals surface area contributed by atoms with Crippen LogP contribution in [0.2, 0.25) is 0 Å². The van der Waals surface area contributed by atoms with Gasteiger partial charge in [-0.15, -0.1) is 24.0 Å². The van der Waals surface area contributed by atoms with Crippen LogP contribution >= 0.6 is 24.0 Å². The molecular weight excluding hydrogens is 365 g/mol. The van der Waals surface area contributed by atoms with Gasteiger partial charge in [0.15, 0.2) is 5.96 Å². The summed E-state index contributed by atoms with van der Waals surface area (Å²) in [6, 6.07) is 0. The van der Waals surface area contributed by atoms with E-state index in [1.54, 1.807) is 0 Å². The second kappa shape index (κ2) is 8.49. The van der Waals surface area contributed by atoms with E-state index in [0.717, 1.165) is 37.9 Å². The minimum Gasteiger partial charge on any atom is -0.356 e. The number of rotatable bonds is 3. The minimum absolute atomic E-state index is 0. The first-order chi connectivity index (χ1) is 9.19. The Kier molecular flexibility index (Phi) is 7.32. The van der Waals surface area contributed by atoms with Gasteiger partial charge < -0.3 is 10.2 Å². The molecule has 2 heterocycles. The van der Waals surface area contributed by atoms with Gasteiger partial charge in [-0.25, -0.2) is 0 Å². The Morgan fingerprint density at radius 3 is 2.70 bits per heavy atom. The predicted octanol–water partition coefficient (Wildman–Crippen LogP) is 1.89. The Bertz CT molecular complexity index is 421. The summed E-state index contributed by atoms with van der Waals surface area (Å²) >= 11 is 0. The number of halogens is 1. The van der Waals surface area contributed by atoms with Crippen molar-refractivity contribution in [3.05, 3.63) is 18.0 Å². The molecule has 0 atom stereocenters. The molecule has 1 saturated heterocycles. The summed E-state index contributed by atoms with van der Waals surface area (Å²) in [4.78, 5) is 6.75. The quantitative estimate of drug-likeness (QED) is 0.486. The minimum atomic E-state index is 0. The molecule has 6 heteroatoms. The molecule has 0 radical (unpaired) electrons. The average molecular weight is 391 g/mol. The van der Waals surface area contributed by atoms with E-state index in [1.807, 2.05) is 25.0 Å². The van der Waals surface area contributed by atoms with Gasteiger partial charge in [0.1, 0.15) is 0 Å². The lowest BCUT2D eigenvalue weighted by molar-refractivity contribution is 0.273. The first kappa shape index (κ1) is 17.3. The summed E-state index contributed by atoms with van der Waals surface area (Å²) in [5.74, 6) is 1.89. The molecule has 0 amide bonds. The number of aryl methyl sites for hydroxylation is 1. The van der Waals surface area contributed by atoms with Crippen molar-refractivity contribution >= 4 is 29.9 Å². The lowest BCUT2D eigenvalue weighted by Gasteiger charge is -2.32. The summed E-state index contributed by atoms with van der Waals surface area (Å²) < 4.78 is 1.84. The monoisotopic (exact) mass is 391 g/mol. The maximum atomic E-state index is 4.38. The molecule has 1 aliphatic rings. The van der Waals surface area contributed by atoms with E-state index in [9.17, 15) is 0 Å². The number of nitrogens with one attached hydrogen (secondary N) is 1. The molecule has 5 nitrogen and oxygen atoms in total. The molecular formula is C14H26IN5. The highest BCUT2D eigenvalue weighted by Crippen LogP contribution is 2.15. The third-order valence-corrected chi connectivity index (χ3v) is 3.75. The van der Waals surface area contributed by atoms with Crippen LogP contribution < -0.4 is 5.32 Å². The normalized spacial score (nSPS) is 16.9. The maximum absolute atomic E-state index is 4.38. The topological polar surface area (TPSA) is 45.5 Å². The van der Waals surface area contributed by atoms with E-state index in [4.69, 9.17) is 0 Å². The molecule has 0 aliphatic carbocycles. The van der Waals surface area contributed by atoms with Gasteiger partial charge in [0.2, 0.25) is 0 Å². The average Bonchev–Trinajstić information content (AvgIpc) is 2.82. The van der Waals surface area contributed by atoms with Crippen LogP contribution in [0.4, 0.5) is 0 Å².